The van der Waals surface area contributed by atoms with E-state index in [4.69, 9.17) is 15.3 Å². The van der Waals surface area contributed by atoms with Gasteiger partial charge in [-0.25, -0.2) is 8.42 Å². The summed E-state index contributed by atoms with van der Waals surface area (Å²) in [5.74, 6) is 0. The SMILES string of the molecule is CCC(CO)NC(O)C(O)S(=O)(=O)[O-]. The lowest BCUT2D eigenvalue weighted by Gasteiger charge is -2.25. The van der Waals surface area contributed by atoms with Crippen molar-refractivity contribution in [3.8, 4) is 0 Å². The summed E-state index contributed by atoms with van der Waals surface area (Å²) in [5, 5.41) is 28.7. The van der Waals surface area contributed by atoms with Gasteiger partial charge in [-0.15, -0.1) is 0 Å². The van der Waals surface area contributed by atoms with Gasteiger partial charge in [0.1, 0.15) is 16.3 Å². The van der Waals surface area contributed by atoms with E-state index in [2.05, 4.69) is 5.32 Å². The van der Waals surface area contributed by atoms with Gasteiger partial charge in [0.05, 0.1) is 6.61 Å². The smallest absolute Gasteiger partial charge is 0.183 e. The van der Waals surface area contributed by atoms with Gasteiger partial charge >= 0.3 is 0 Å². The first-order chi connectivity index (χ1) is 6.32. The van der Waals surface area contributed by atoms with Crippen LogP contribution in [0.25, 0.3) is 0 Å². The Hall–Kier alpha value is -0.250. The lowest BCUT2D eigenvalue weighted by Crippen LogP contribution is -2.49. The summed E-state index contributed by atoms with van der Waals surface area (Å²) in [6, 6.07) is -0.568. The van der Waals surface area contributed by atoms with E-state index in [9.17, 15) is 13.0 Å². The third kappa shape index (κ3) is 4.31. The van der Waals surface area contributed by atoms with Crippen LogP contribution in [0.15, 0.2) is 0 Å². The fourth-order valence-electron chi connectivity index (χ4n) is 0.781. The Balaban J connectivity index is 4.27. The van der Waals surface area contributed by atoms with Crippen molar-refractivity contribution in [3.05, 3.63) is 0 Å². The second-order valence-electron chi connectivity index (χ2n) is 2.78. The number of nitrogens with one attached hydrogen (secondary N) is 1. The molecular weight excluding hydrogens is 214 g/mol. The van der Waals surface area contributed by atoms with E-state index in [-0.39, 0.29) is 6.61 Å². The zero-order valence-corrected chi connectivity index (χ0v) is 8.44. The molecule has 3 unspecified atom stereocenters. The number of aliphatic hydroxyl groups excluding tert-OH is 3. The maximum atomic E-state index is 10.3. The highest BCUT2D eigenvalue weighted by atomic mass is 32.2. The summed E-state index contributed by atoms with van der Waals surface area (Å²) in [5.41, 5.74) is -2.43. The van der Waals surface area contributed by atoms with Gasteiger partial charge in [-0.05, 0) is 6.42 Å². The Morgan fingerprint density at radius 1 is 1.43 bits per heavy atom. The van der Waals surface area contributed by atoms with E-state index in [0.29, 0.717) is 6.42 Å². The topological polar surface area (TPSA) is 130 Å². The predicted octanol–water partition coefficient (Wildman–Crippen LogP) is -2.47. The van der Waals surface area contributed by atoms with Gasteiger partial charge in [0.15, 0.2) is 5.44 Å². The minimum Gasteiger partial charge on any atom is -0.746 e. The minimum atomic E-state index is -4.95. The molecule has 0 rings (SSSR count). The van der Waals surface area contributed by atoms with E-state index in [1.54, 1.807) is 6.92 Å². The van der Waals surface area contributed by atoms with Crippen molar-refractivity contribution >= 4 is 10.1 Å². The molecule has 0 saturated carbocycles. The average Bonchev–Trinajstić information content (AvgIpc) is 2.11. The highest BCUT2D eigenvalue weighted by Gasteiger charge is 2.24. The largest absolute Gasteiger partial charge is 0.746 e. The summed E-state index contributed by atoms with van der Waals surface area (Å²) in [6.07, 6.45) is -1.48. The van der Waals surface area contributed by atoms with E-state index in [1.807, 2.05) is 0 Å². The van der Waals surface area contributed by atoms with E-state index in [0.717, 1.165) is 0 Å². The van der Waals surface area contributed by atoms with Crippen LogP contribution in [0.3, 0.4) is 0 Å². The Labute approximate surface area is 82.1 Å². The van der Waals surface area contributed by atoms with Crippen molar-refractivity contribution in [2.75, 3.05) is 6.61 Å². The van der Waals surface area contributed by atoms with Crippen LogP contribution < -0.4 is 5.32 Å². The number of hydrogen-bond acceptors (Lipinski definition) is 7. The van der Waals surface area contributed by atoms with Crippen molar-refractivity contribution < 1.29 is 28.3 Å². The van der Waals surface area contributed by atoms with Crippen molar-refractivity contribution in [1.82, 2.24) is 5.32 Å². The van der Waals surface area contributed by atoms with Crippen LogP contribution in [0.2, 0.25) is 0 Å². The maximum Gasteiger partial charge on any atom is 0.183 e. The molecule has 0 aliphatic heterocycles. The highest BCUT2D eigenvalue weighted by Crippen LogP contribution is 2.01. The molecule has 0 saturated heterocycles. The van der Waals surface area contributed by atoms with E-state index >= 15 is 0 Å². The molecule has 0 bridgehead atoms. The molecule has 14 heavy (non-hydrogen) atoms. The summed E-state index contributed by atoms with van der Waals surface area (Å²) in [4.78, 5) is 0. The van der Waals surface area contributed by atoms with Crippen molar-refractivity contribution in [3.63, 3.8) is 0 Å². The number of aliphatic hydroxyl groups is 3. The lowest BCUT2D eigenvalue weighted by atomic mass is 10.2. The van der Waals surface area contributed by atoms with Crippen LogP contribution in [0.1, 0.15) is 13.3 Å². The molecule has 0 aromatic carbocycles. The quantitative estimate of drug-likeness (QED) is 0.293. The molecule has 4 N–H and O–H groups in total. The molecule has 0 aliphatic carbocycles. The zero-order chi connectivity index (χ0) is 11.4. The molecule has 8 heteroatoms. The Morgan fingerprint density at radius 2 is 1.93 bits per heavy atom. The molecule has 0 aromatic heterocycles. The predicted molar refractivity (Wildman–Crippen MR) is 46.0 cm³/mol. The second kappa shape index (κ2) is 5.59. The van der Waals surface area contributed by atoms with E-state index in [1.165, 1.54) is 0 Å². The van der Waals surface area contributed by atoms with Gasteiger partial charge in [0, 0.05) is 6.04 Å². The Morgan fingerprint density at radius 3 is 2.21 bits per heavy atom. The zero-order valence-electron chi connectivity index (χ0n) is 7.62. The number of rotatable bonds is 6. The first-order valence-corrected chi connectivity index (χ1v) is 5.47. The summed E-state index contributed by atoms with van der Waals surface area (Å²) in [7, 11) is -4.95. The van der Waals surface area contributed by atoms with Gasteiger partial charge < -0.3 is 19.9 Å². The van der Waals surface area contributed by atoms with Crippen LogP contribution >= 0.6 is 0 Å². The molecular formula is C6H14NO6S-. The molecule has 3 atom stereocenters. The molecule has 7 nitrogen and oxygen atoms in total. The minimum absolute atomic E-state index is 0.334. The molecule has 0 fully saturated rings. The maximum absolute atomic E-state index is 10.3. The monoisotopic (exact) mass is 228 g/mol. The first-order valence-electron chi connectivity index (χ1n) is 4.00. The Bertz CT molecular complexity index is 249. The Kier molecular flexibility index (Phi) is 5.49. The van der Waals surface area contributed by atoms with Crippen LogP contribution in [0.4, 0.5) is 0 Å². The molecule has 0 aromatic rings. The van der Waals surface area contributed by atoms with Gasteiger partial charge in [-0.3, -0.25) is 5.32 Å². The molecule has 0 heterocycles. The van der Waals surface area contributed by atoms with Crippen molar-refractivity contribution in [1.29, 1.82) is 0 Å². The first kappa shape index (κ1) is 13.8. The fourth-order valence-corrected chi connectivity index (χ4v) is 1.18. The molecule has 0 radical (unpaired) electrons. The van der Waals surface area contributed by atoms with Gasteiger partial charge in [0.2, 0.25) is 0 Å². The standard InChI is InChI=1S/C6H15NO6S/c1-2-4(3-8)7-5(9)6(10)14(11,12)13/h4-10H,2-3H2,1H3,(H,11,12,13)/p-1. The fraction of sp³-hybridized carbons (Fsp3) is 1.00. The molecule has 86 valence electrons. The molecule has 0 spiro atoms. The highest BCUT2D eigenvalue weighted by molar-refractivity contribution is 7.86. The summed E-state index contributed by atoms with van der Waals surface area (Å²) in [6.45, 7) is 1.35. The van der Waals surface area contributed by atoms with E-state index < -0.39 is 27.8 Å². The van der Waals surface area contributed by atoms with Crippen molar-refractivity contribution in [2.45, 2.75) is 31.1 Å². The van der Waals surface area contributed by atoms with Crippen LogP contribution in [-0.2, 0) is 10.1 Å². The number of hydrogen-bond donors (Lipinski definition) is 4. The lowest BCUT2D eigenvalue weighted by molar-refractivity contribution is 0.0223. The van der Waals surface area contributed by atoms with Gasteiger partial charge in [-0.2, -0.15) is 0 Å². The normalized spacial score (nSPS) is 18.9. The second-order valence-corrected chi connectivity index (χ2v) is 4.25. The van der Waals surface area contributed by atoms with Crippen LogP contribution in [0, 0.1) is 0 Å². The van der Waals surface area contributed by atoms with Crippen LogP contribution in [0.5, 0.6) is 0 Å². The summed E-state index contributed by atoms with van der Waals surface area (Å²) >= 11 is 0. The van der Waals surface area contributed by atoms with Crippen LogP contribution in [-0.4, -0.2) is 52.6 Å². The van der Waals surface area contributed by atoms with Crippen molar-refractivity contribution in [2.24, 2.45) is 0 Å². The molecule has 0 aliphatic rings. The average molecular weight is 228 g/mol. The summed E-state index contributed by atoms with van der Waals surface area (Å²) < 4.78 is 30.8. The van der Waals surface area contributed by atoms with Gasteiger partial charge in [-0.1, -0.05) is 6.92 Å². The molecule has 0 amide bonds. The third-order valence-corrected chi connectivity index (χ3v) is 2.53. The van der Waals surface area contributed by atoms with Gasteiger partial charge in [0.25, 0.3) is 0 Å². The third-order valence-electron chi connectivity index (χ3n) is 1.69.